The van der Waals surface area contributed by atoms with Gasteiger partial charge in [0.15, 0.2) is 23.0 Å². The molecule has 0 aliphatic carbocycles. The second-order valence-corrected chi connectivity index (χ2v) is 7.40. The molecule has 3 rings (SSSR count). The molecule has 8 nitrogen and oxygen atoms in total. The number of aromatic hydroxyl groups is 2. The smallest absolute Gasteiger partial charge is 0.340 e. The van der Waals surface area contributed by atoms with E-state index in [4.69, 9.17) is 24.7 Å². The van der Waals surface area contributed by atoms with E-state index in [1.54, 1.807) is 25.1 Å². The van der Waals surface area contributed by atoms with E-state index in [9.17, 15) is 15.0 Å². The highest BCUT2D eigenvalue weighted by molar-refractivity contribution is 9.10. The van der Waals surface area contributed by atoms with Gasteiger partial charge in [0.2, 0.25) is 5.88 Å². The third-order valence-electron chi connectivity index (χ3n) is 4.62. The molecule has 1 aliphatic heterocycles. The highest BCUT2D eigenvalue weighted by Gasteiger charge is 2.37. The van der Waals surface area contributed by atoms with Crippen molar-refractivity contribution >= 4 is 21.9 Å². The number of esters is 1. The van der Waals surface area contributed by atoms with Gasteiger partial charge in [-0.05, 0) is 46.6 Å². The highest BCUT2D eigenvalue weighted by atomic mass is 79.9. The van der Waals surface area contributed by atoms with Crippen LogP contribution in [0.5, 0.6) is 28.7 Å². The van der Waals surface area contributed by atoms with Crippen LogP contribution in [0.25, 0.3) is 0 Å². The molecule has 1 aliphatic rings. The summed E-state index contributed by atoms with van der Waals surface area (Å²) in [5.74, 6) is -1.27. The molecule has 0 spiro atoms. The molecule has 31 heavy (non-hydrogen) atoms. The van der Waals surface area contributed by atoms with Crippen LogP contribution in [-0.2, 0) is 9.53 Å². The minimum Gasteiger partial charge on any atom is -0.504 e. The lowest BCUT2D eigenvalue weighted by molar-refractivity contribution is -0.139. The van der Waals surface area contributed by atoms with Crippen LogP contribution in [0.1, 0.15) is 24.0 Å². The fourth-order valence-electron chi connectivity index (χ4n) is 3.32. The molecule has 0 radical (unpaired) electrons. The summed E-state index contributed by atoms with van der Waals surface area (Å²) in [6, 6.07) is 6.00. The van der Waals surface area contributed by atoms with Crippen LogP contribution >= 0.6 is 15.9 Å². The number of phenolic OH excluding ortho intramolecular Hbond substituents is 2. The maximum Gasteiger partial charge on any atom is 0.340 e. The molecule has 1 unspecified atom stereocenters. The Morgan fingerprint density at radius 3 is 2.65 bits per heavy atom. The van der Waals surface area contributed by atoms with E-state index >= 15 is 0 Å². The van der Waals surface area contributed by atoms with E-state index in [1.165, 1.54) is 19.2 Å². The van der Waals surface area contributed by atoms with Gasteiger partial charge in [-0.1, -0.05) is 12.7 Å². The van der Waals surface area contributed by atoms with Crippen molar-refractivity contribution in [1.29, 1.82) is 0 Å². The van der Waals surface area contributed by atoms with E-state index in [-0.39, 0.29) is 41.9 Å². The summed E-state index contributed by atoms with van der Waals surface area (Å²) in [5.41, 5.74) is 7.15. The van der Waals surface area contributed by atoms with Crippen LogP contribution in [-0.4, -0.2) is 36.5 Å². The van der Waals surface area contributed by atoms with E-state index in [0.29, 0.717) is 27.1 Å². The number of methoxy groups -OCH3 is 1. The Hall–Kier alpha value is -3.33. The minimum atomic E-state index is -0.770. The molecule has 9 heteroatoms. The maximum atomic E-state index is 12.8. The van der Waals surface area contributed by atoms with E-state index in [0.717, 1.165) is 0 Å². The molecular formula is C22H22BrNO7. The molecule has 0 aromatic heterocycles. The van der Waals surface area contributed by atoms with Crippen LogP contribution < -0.4 is 19.9 Å². The number of hydrogen-bond donors (Lipinski definition) is 3. The summed E-state index contributed by atoms with van der Waals surface area (Å²) in [5, 5.41) is 20.0. The maximum absolute atomic E-state index is 12.8. The van der Waals surface area contributed by atoms with Gasteiger partial charge in [-0.25, -0.2) is 4.79 Å². The van der Waals surface area contributed by atoms with Crippen molar-refractivity contribution < 1.29 is 34.0 Å². The summed E-state index contributed by atoms with van der Waals surface area (Å²) in [4.78, 5) is 12.8. The second kappa shape index (κ2) is 9.22. The van der Waals surface area contributed by atoms with E-state index in [2.05, 4.69) is 22.5 Å². The third-order valence-corrected chi connectivity index (χ3v) is 5.21. The first-order chi connectivity index (χ1) is 14.8. The molecule has 2 aromatic rings. The first-order valence-corrected chi connectivity index (χ1v) is 10.1. The number of rotatable bonds is 7. The van der Waals surface area contributed by atoms with E-state index in [1.807, 2.05) is 0 Å². The monoisotopic (exact) mass is 491 g/mol. The summed E-state index contributed by atoms with van der Waals surface area (Å²) >= 11 is 3.48. The van der Waals surface area contributed by atoms with Crippen molar-refractivity contribution in [3.05, 3.63) is 64.0 Å². The summed E-state index contributed by atoms with van der Waals surface area (Å²) < 4.78 is 22.5. The molecule has 4 N–H and O–H groups in total. The van der Waals surface area contributed by atoms with Gasteiger partial charge in [-0.15, -0.1) is 0 Å². The SMILES string of the molecule is C=CCOc1c(Br)cc(C2C(C(=O)OCC)=C(N)Oc3cc(O)c(O)cc32)cc1OC. The predicted molar refractivity (Wildman–Crippen MR) is 116 cm³/mol. The summed E-state index contributed by atoms with van der Waals surface area (Å²) in [6.07, 6.45) is 1.60. The van der Waals surface area contributed by atoms with Crippen molar-refractivity contribution in [3.8, 4) is 28.7 Å². The number of nitrogens with two attached hydrogens (primary N) is 1. The van der Waals surface area contributed by atoms with Crippen LogP contribution in [0.3, 0.4) is 0 Å². The number of carbonyl (C=O) groups excluding carboxylic acids is 1. The Balaban J connectivity index is 2.24. The van der Waals surface area contributed by atoms with E-state index < -0.39 is 11.9 Å². The number of fused-ring (bicyclic) bond motifs is 1. The molecule has 0 bridgehead atoms. The van der Waals surface area contributed by atoms with Crippen LogP contribution in [0.15, 0.2) is 52.8 Å². The van der Waals surface area contributed by atoms with Crippen molar-refractivity contribution in [1.82, 2.24) is 0 Å². The van der Waals surface area contributed by atoms with Crippen molar-refractivity contribution in [2.24, 2.45) is 5.73 Å². The van der Waals surface area contributed by atoms with Gasteiger partial charge in [0.25, 0.3) is 0 Å². The molecule has 0 amide bonds. The average molecular weight is 492 g/mol. The molecular weight excluding hydrogens is 470 g/mol. The number of hydrogen-bond acceptors (Lipinski definition) is 8. The number of benzene rings is 2. The minimum absolute atomic E-state index is 0.0631. The van der Waals surface area contributed by atoms with Gasteiger partial charge in [0.05, 0.1) is 24.1 Å². The van der Waals surface area contributed by atoms with Crippen LogP contribution in [0.4, 0.5) is 0 Å². The van der Waals surface area contributed by atoms with Gasteiger partial charge >= 0.3 is 5.97 Å². The van der Waals surface area contributed by atoms with Crippen molar-refractivity contribution in [2.75, 3.05) is 20.3 Å². The molecule has 1 heterocycles. The Morgan fingerprint density at radius 1 is 1.29 bits per heavy atom. The fraction of sp³-hybridized carbons (Fsp3) is 0.227. The Kier molecular flexibility index (Phi) is 6.65. The van der Waals surface area contributed by atoms with Gasteiger partial charge < -0.3 is 34.9 Å². The zero-order valence-electron chi connectivity index (χ0n) is 17.0. The first kappa shape index (κ1) is 22.4. The standard InChI is InChI=1S/C22H22BrNO7/c1-4-6-30-20-13(23)7-11(8-17(20)28-3)18-12-9-14(25)15(26)10-16(12)31-21(24)19(18)22(27)29-5-2/h4,7-10,18,25-26H,1,5-6,24H2,2-3H3. The van der Waals surface area contributed by atoms with Crippen molar-refractivity contribution in [3.63, 3.8) is 0 Å². The Morgan fingerprint density at radius 2 is 2.00 bits per heavy atom. The number of ether oxygens (including phenoxy) is 4. The van der Waals surface area contributed by atoms with Crippen molar-refractivity contribution in [2.45, 2.75) is 12.8 Å². The third kappa shape index (κ3) is 4.27. The lowest BCUT2D eigenvalue weighted by atomic mass is 9.82. The normalized spacial score (nSPS) is 15.0. The van der Waals surface area contributed by atoms with Gasteiger partial charge in [-0.3, -0.25) is 0 Å². The van der Waals surface area contributed by atoms with Gasteiger partial charge in [-0.2, -0.15) is 0 Å². The topological polar surface area (TPSA) is 120 Å². The number of halogens is 1. The molecule has 0 fully saturated rings. The zero-order valence-corrected chi connectivity index (χ0v) is 18.6. The number of carbonyl (C=O) groups is 1. The first-order valence-electron chi connectivity index (χ1n) is 9.33. The summed E-state index contributed by atoms with van der Waals surface area (Å²) in [6.45, 7) is 5.72. The molecule has 1 atom stereocenters. The molecule has 164 valence electrons. The zero-order chi connectivity index (χ0) is 22.7. The highest BCUT2D eigenvalue weighted by Crippen LogP contribution is 2.49. The molecule has 0 saturated carbocycles. The average Bonchev–Trinajstić information content (AvgIpc) is 2.73. The largest absolute Gasteiger partial charge is 0.504 e. The quantitative estimate of drug-likeness (QED) is 0.304. The van der Waals surface area contributed by atoms with Crippen LogP contribution in [0, 0.1) is 0 Å². The second-order valence-electron chi connectivity index (χ2n) is 6.55. The Labute approximate surface area is 187 Å². The molecule has 2 aromatic carbocycles. The Bertz CT molecular complexity index is 1060. The predicted octanol–water partition coefficient (Wildman–Crippen LogP) is 3.69. The summed E-state index contributed by atoms with van der Waals surface area (Å²) in [7, 11) is 1.49. The number of phenols is 2. The lowest BCUT2D eigenvalue weighted by Gasteiger charge is -2.29. The van der Waals surface area contributed by atoms with Gasteiger partial charge in [0.1, 0.15) is 17.9 Å². The fourth-order valence-corrected chi connectivity index (χ4v) is 3.90. The molecule has 0 saturated heterocycles. The van der Waals surface area contributed by atoms with Crippen LogP contribution in [0.2, 0.25) is 0 Å². The van der Waals surface area contributed by atoms with Gasteiger partial charge in [0, 0.05) is 11.6 Å². The lowest BCUT2D eigenvalue weighted by Crippen LogP contribution is -2.27.